The van der Waals surface area contributed by atoms with Crippen molar-refractivity contribution in [3.05, 3.63) is 33.1 Å². The molecular weight excluding hydrogens is 370 g/mol. The monoisotopic (exact) mass is 384 g/mol. The molecule has 0 spiro atoms. The topological polar surface area (TPSA) is 32.3 Å². The highest BCUT2D eigenvalue weighted by Crippen LogP contribution is 2.15. The van der Waals surface area contributed by atoms with E-state index in [9.17, 15) is 9.18 Å². The Morgan fingerprint density at radius 3 is 2.94 bits per heavy atom. The molecule has 1 aliphatic heterocycles. The van der Waals surface area contributed by atoms with Gasteiger partial charge in [0.15, 0.2) is 0 Å². The van der Waals surface area contributed by atoms with E-state index in [1.54, 1.807) is 17.0 Å². The first kappa shape index (κ1) is 15.7. The van der Waals surface area contributed by atoms with Gasteiger partial charge in [0.2, 0.25) is 0 Å². The van der Waals surface area contributed by atoms with Crippen molar-refractivity contribution in [2.24, 2.45) is 0 Å². The third-order valence-electron chi connectivity index (χ3n) is 2.81. The van der Waals surface area contributed by atoms with Gasteiger partial charge in [0, 0.05) is 29.2 Å². The predicted octanol–water partition coefficient (Wildman–Crippen LogP) is 2.29. The van der Waals surface area contributed by atoms with Crippen molar-refractivity contribution in [1.82, 2.24) is 10.2 Å². The number of rotatable bonds is 1. The first-order chi connectivity index (χ1) is 8.08. The quantitative estimate of drug-likeness (QED) is 0.754. The van der Waals surface area contributed by atoms with Gasteiger partial charge < -0.3 is 10.2 Å². The molecule has 1 aromatic carbocycles. The normalized spacial score (nSPS) is 19.3. The standard InChI is InChI=1S/C12H14FIN2O.ClH/c1-8-7-16(5-4-15-8)12(17)10-6-9(14)2-3-11(10)13;/h2-3,6,8,15H,4-5,7H2,1H3;1H/t8-;/m0./s1. The first-order valence-corrected chi connectivity index (χ1v) is 6.63. The van der Waals surface area contributed by atoms with E-state index in [4.69, 9.17) is 0 Å². The second kappa shape index (κ2) is 6.68. The van der Waals surface area contributed by atoms with Crippen molar-refractivity contribution in [2.75, 3.05) is 19.6 Å². The van der Waals surface area contributed by atoms with Crippen LogP contribution in [0, 0.1) is 9.39 Å². The average molecular weight is 385 g/mol. The Morgan fingerprint density at radius 1 is 1.56 bits per heavy atom. The molecule has 100 valence electrons. The van der Waals surface area contributed by atoms with Gasteiger partial charge >= 0.3 is 0 Å². The number of amides is 1. The Labute approximate surface area is 126 Å². The van der Waals surface area contributed by atoms with E-state index >= 15 is 0 Å². The van der Waals surface area contributed by atoms with Gasteiger partial charge in [0.25, 0.3) is 5.91 Å². The van der Waals surface area contributed by atoms with E-state index in [-0.39, 0.29) is 29.9 Å². The molecule has 2 rings (SSSR count). The molecule has 3 nitrogen and oxygen atoms in total. The summed E-state index contributed by atoms with van der Waals surface area (Å²) in [5.41, 5.74) is 0.172. The van der Waals surface area contributed by atoms with Crippen LogP contribution in [-0.2, 0) is 0 Å². The van der Waals surface area contributed by atoms with Crippen molar-refractivity contribution in [1.29, 1.82) is 0 Å². The maximum absolute atomic E-state index is 13.6. The van der Waals surface area contributed by atoms with E-state index in [0.717, 1.165) is 10.1 Å². The Bertz CT molecular complexity index is 444. The number of carbonyl (C=O) groups excluding carboxylic acids is 1. The fourth-order valence-corrected chi connectivity index (χ4v) is 2.44. The fraction of sp³-hybridized carbons (Fsp3) is 0.417. The second-order valence-electron chi connectivity index (χ2n) is 4.23. The molecule has 6 heteroatoms. The van der Waals surface area contributed by atoms with Gasteiger partial charge in [-0.3, -0.25) is 4.79 Å². The molecule has 0 bridgehead atoms. The zero-order chi connectivity index (χ0) is 12.4. The molecule has 1 fully saturated rings. The summed E-state index contributed by atoms with van der Waals surface area (Å²) in [6.07, 6.45) is 0. The molecule has 1 N–H and O–H groups in total. The number of nitrogens with zero attached hydrogens (tertiary/aromatic N) is 1. The van der Waals surface area contributed by atoms with E-state index in [1.807, 2.05) is 6.92 Å². The highest BCUT2D eigenvalue weighted by Gasteiger charge is 2.23. The molecule has 1 aliphatic rings. The number of halogens is 3. The van der Waals surface area contributed by atoms with Crippen LogP contribution < -0.4 is 5.32 Å². The van der Waals surface area contributed by atoms with Crippen LogP contribution in [-0.4, -0.2) is 36.5 Å². The number of hydrogen-bond donors (Lipinski definition) is 1. The number of carbonyl (C=O) groups is 1. The van der Waals surface area contributed by atoms with Gasteiger partial charge in [-0.25, -0.2) is 4.39 Å². The number of hydrogen-bond acceptors (Lipinski definition) is 2. The van der Waals surface area contributed by atoms with Gasteiger partial charge in [0.05, 0.1) is 5.56 Å². The molecule has 0 saturated carbocycles. The molecule has 1 amide bonds. The third kappa shape index (κ3) is 3.55. The molecule has 1 aromatic rings. The molecule has 1 atom stereocenters. The summed E-state index contributed by atoms with van der Waals surface area (Å²) in [7, 11) is 0. The lowest BCUT2D eigenvalue weighted by Gasteiger charge is -2.32. The van der Waals surface area contributed by atoms with E-state index in [1.165, 1.54) is 6.07 Å². The molecule has 0 unspecified atom stereocenters. The van der Waals surface area contributed by atoms with Gasteiger partial charge in [-0.05, 0) is 47.7 Å². The predicted molar refractivity (Wildman–Crippen MR) is 79.7 cm³/mol. The molecule has 0 aliphatic carbocycles. The van der Waals surface area contributed by atoms with Crippen molar-refractivity contribution >= 4 is 40.9 Å². The van der Waals surface area contributed by atoms with Crippen LogP contribution in [0.4, 0.5) is 4.39 Å². The summed E-state index contributed by atoms with van der Waals surface area (Å²) in [6.45, 7) is 4.04. The Morgan fingerprint density at radius 2 is 2.28 bits per heavy atom. The number of piperazine rings is 1. The van der Waals surface area contributed by atoms with Crippen molar-refractivity contribution in [3.8, 4) is 0 Å². The molecular formula is C12H15ClFIN2O. The van der Waals surface area contributed by atoms with Crippen LogP contribution in [0.25, 0.3) is 0 Å². The zero-order valence-electron chi connectivity index (χ0n) is 9.95. The van der Waals surface area contributed by atoms with Gasteiger partial charge in [0.1, 0.15) is 5.82 Å². The smallest absolute Gasteiger partial charge is 0.256 e. The Balaban J connectivity index is 0.00000162. The molecule has 1 heterocycles. The lowest BCUT2D eigenvalue weighted by atomic mass is 10.1. The van der Waals surface area contributed by atoms with Crippen LogP contribution in [0.15, 0.2) is 18.2 Å². The lowest BCUT2D eigenvalue weighted by molar-refractivity contribution is 0.0704. The van der Waals surface area contributed by atoms with Gasteiger partial charge in [-0.1, -0.05) is 0 Å². The molecule has 0 aromatic heterocycles. The highest BCUT2D eigenvalue weighted by molar-refractivity contribution is 14.1. The summed E-state index contributed by atoms with van der Waals surface area (Å²) in [5, 5.41) is 3.26. The maximum atomic E-state index is 13.6. The summed E-state index contributed by atoms with van der Waals surface area (Å²) in [4.78, 5) is 13.9. The van der Waals surface area contributed by atoms with Crippen LogP contribution >= 0.6 is 35.0 Å². The summed E-state index contributed by atoms with van der Waals surface area (Å²) in [6, 6.07) is 4.87. The molecule has 0 radical (unpaired) electrons. The zero-order valence-corrected chi connectivity index (χ0v) is 12.9. The minimum atomic E-state index is -0.443. The first-order valence-electron chi connectivity index (χ1n) is 5.55. The van der Waals surface area contributed by atoms with E-state index < -0.39 is 5.82 Å². The lowest BCUT2D eigenvalue weighted by Crippen LogP contribution is -2.51. The largest absolute Gasteiger partial charge is 0.336 e. The molecule has 18 heavy (non-hydrogen) atoms. The fourth-order valence-electron chi connectivity index (χ4n) is 1.95. The number of nitrogens with one attached hydrogen (secondary N) is 1. The van der Waals surface area contributed by atoms with Crippen LogP contribution in [0.3, 0.4) is 0 Å². The van der Waals surface area contributed by atoms with Crippen LogP contribution in [0.1, 0.15) is 17.3 Å². The maximum Gasteiger partial charge on any atom is 0.256 e. The molecule has 1 saturated heterocycles. The Kier molecular flexibility index (Phi) is 5.81. The van der Waals surface area contributed by atoms with Crippen LogP contribution in [0.5, 0.6) is 0 Å². The van der Waals surface area contributed by atoms with E-state index in [0.29, 0.717) is 13.1 Å². The van der Waals surface area contributed by atoms with Gasteiger partial charge in [-0.2, -0.15) is 0 Å². The summed E-state index contributed by atoms with van der Waals surface area (Å²) >= 11 is 2.08. The highest BCUT2D eigenvalue weighted by atomic mass is 127. The van der Waals surface area contributed by atoms with Crippen molar-refractivity contribution in [3.63, 3.8) is 0 Å². The average Bonchev–Trinajstić information content (AvgIpc) is 2.31. The third-order valence-corrected chi connectivity index (χ3v) is 3.49. The van der Waals surface area contributed by atoms with Gasteiger partial charge in [-0.15, -0.1) is 12.4 Å². The summed E-state index contributed by atoms with van der Waals surface area (Å²) < 4.78 is 14.5. The summed E-state index contributed by atoms with van der Waals surface area (Å²) in [5.74, 6) is -0.657. The minimum Gasteiger partial charge on any atom is -0.336 e. The van der Waals surface area contributed by atoms with Crippen LogP contribution in [0.2, 0.25) is 0 Å². The van der Waals surface area contributed by atoms with Crippen molar-refractivity contribution in [2.45, 2.75) is 13.0 Å². The Hall–Kier alpha value is -0.400. The minimum absolute atomic E-state index is 0. The second-order valence-corrected chi connectivity index (χ2v) is 5.48. The number of benzene rings is 1. The van der Waals surface area contributed by atoms with E-state index in [2.05, 4.69) is 27.9 Å². The SMILES string of the molecule is C[C@H]1CN(C(=O)c2cc(I)ccc2F)CCN1.Cl. The van der Waals surface area contributed by atoms with Crippen molar-refractivity contribution < 1.29 is 9.18 Å².